The molecular weight excluding hydrogens is 410 g/mol. The van der Waals surface area contributed by atoms with Gasteiger partial charge in [-0.2, -0.15) is 0 Å². The van der Waals surface area contributed by atoms with Gasteiger partial charge in [-0.3, -0.25) is 24.6 Å². The van der Waals surface area contributed by atoms with Crippen LogP contribution in [0, 0.1) is 18.8 Å². The van der Waals surface area contributed by atoms with Crippen LogP contribution in [0.3, 0.4) is 0 Å². The molecule has 0 aromatic heterocycles. The van der Waals surface area contributed by atoms with E-state index >= 15 is 0 Å². The molecule has 3 aliphatic heterocycles. The zero-order valence-electron chi connectivity index (χ0n) is 18.1. The zero-order chi connectivity index (χ0) is 22.8. The van der Waals surface area contributed by atoms with E-state index in [-0.39, 0.29) is 12.5 Å². The summed E-state index contributed by atoms with van der Waals surface area (Å²) in [6.45, 7) is 3.49. The van der Waals surface area contributed by atoms with Crippen molar-refractivity contribution in [1.82, 2.24) is 10.2 Å². The highest BCUT2D eigenvalue weighted by Crippen LogP contribution is 2.54. The number of carbonyl (C=O) groups excluding carboxylic acids is 3. The number of aryl methyl sites for hydroxylation is 1. The van der Waals surface area contributed by atoms with Crippen LogP contribution >= 0.6 is 0 Å². The molecule has 166 valence electrons. The van der Waals surface area contributed by atoms with Crippen molar-refractivity contribution in [2.45, 2.75) is 38.1 Å². The van der Waals surface area contributed by atoms with E-state index in [9.17, 15) is 19.5 Å². The first-order chi connectivity index (χ1) is 15.3. The lowest BCUT2D eigenvalue weighted by molar-refractivity contribution is -0.143. The van der Waals surface area contributed by atoms with E-state index in [1.165, 1.54) is 12.0 Å². The van der Waals surface area contributed by atoms with Crippen LogP contribution in [0.1, 0.15) is 23.6 Å². The number of nitrogens with zero attached hydrogens (tertiary/aromatic N) is 1. The van der Waals surface area contributed by atoms with Gasteiger partial charge < -0.3 is 15.2 Å². The fourth-order valence-corrected chi connectivity index (χ4v) is 5.54. The molecule has 8 heteroatoms. The van der Waals surface area contributed by atoms with Crippen LogP contribution < -0.4 is 15.4 Å². The van der Waals surface area contributed by atoms with Crippen molar-refractivity contribution in [3.05, 3.63) is 59.2 Å². The Bertz CT molecular complexity index is 1150. The Labute approximate surface area is 185 Å². The van der Waals surface area contributed by atoms with Gasteiger partial charge in [0.1, 0.15) is 11.3 Å². The molecule has 2 aromatic rings. The quantitative estimate of drug-likeness (QED) is 0.625. The minimum atomic E-state index is -1.41. The molecule has 0 aliphatic carbocycles. The number of ether oxygens (including phenoxy) is 1. The van der Waals surface area contributed by atoms with E-state index in [0.717, 1.165) is 5.56 Å². The molecule has 0 bridgehead atoms. The lowest BCUT2D eigenvalue weighted by Crippen LogP contribution is -2.54. The number of aliphatic hydroxyl groups excluding tert-OH is 1. The molecule has 1 spiro atoms. The van der Waals surface area contributed by atoms with Gasteiger partial charge in [0.2, 0.25) is 17.7 Å². The Kier molecular flexibility index (Phi) is 4.61. The summed E-state index contributed by atoms with van der Waals surface area (Å²) in [5.41, 5.74) is 1.45. The molecule has 3 heterocycles. The van der Waals surface area contributed by atoms with Crippen LogP contribution in [0.5, 0.6) is 5.75 Å². The molecular formula is C24H25N3O5. The van der Waals surface area contributed by atoms with Gasteiger partial charge in [-0.15, -0.1) is 0 Å². The highest BCUT2D eigenvalue weighted by atomic mass is 16.5. The Hall–Kier alpha value is -3.23. The van der Waals surface area contributed by atoms with E-state index in [4.69, 9.17) is 4.74 Å². The Morgan fingerprint density at radius 2 is 1.88 bits per heavy atom. The summed E-state index contributed by atoms with van der Waals surface area (Å²) < 4.78 is 5.38. The first-order valence-electron chi connectivity index (χ1n) is 10.7. The van der Waals surface area contributed by atoms with Crippen LogP contribution in [0.2, 0.25) is 0 Å². The van der Waals surface area contributed by atoms with E-state index < -0.39 is 41.3 Å². The van der Waals surface area contributed by atoms with E-state index in [1.807, 2.05) is 31.2 Å². The second-order valence-corrected chi connectivity index (χ2v) is 8.75. The number of imide groups is 1. The van der Waals surface area contributed by atoms with Crippen LogP contribution in [-0.4, -0.2) is 47.0 Å². The monoisotopic (exact) mass is 435 g/mol. The van der Waals surface area contributed by atoms with Crippen molar-refractivity contribution in [2.75, 3.05) is 12.4 Å². The number of hydrogen-bond donors (Lipinski definition) is 3. The van der Waals surface area contributed by atoms with Crippen molar-refractivity contribution in [1.29, 1.82) is 0 Å². The summed E-state index contributed by atoms with van der Waals surface area (Å²) in [5.74, 6) is -2.42. The number of anilines is 1. The molecule has 0 saturated carbocycles. The summed E-state index contributed by atoms with van der Waals surface area (Å²) >= 11 is 0. The standard InChI is InChI=1S/C24H25N3O5/c1-12-7-6-9-15-19(12)25-23(31)24(15)18-17(20(26-24)13(2)28)21(29)27(22(18)30)11-14-8-4-5-10-16(14)32-3/h4-10,13,17-18,20,26,28H,11H2,1-3H3,(H,25,31)/t13-,17+,18-,20-,24-/m1/s1. The molecule has 3 N–H and O–H groups in total. The van der Waals surface area contributed by atoms with E-state index in [2.05, 4.69) is 10.6 Å². The third kappa shape index (κ3) is 2.59. The maximum atomic E-state index is 13.7. The maximum Gasteiger partial charge on any atom is 0.250 e. The van der Waals surface area contributed by atoms with Gasteiger partial charge in [0.25, 0.3) is 0 Å². The number of nitrogens with one attached hydrogen (secondary N) is 2. The number of amides is 3. The second-order valence-electron chi connectivity index (χ2n) is 8.75. The average molecular weight is 435 g/mol. The number of likely N-dealkylation sites (tertiary alicyclic amines) is 1. The molecule has 5 rings (SSSR count). The zero-order valence-corrected chi connectivity index (χ0v) is 18.1. The molecule has 32 heavy (non-hydrogen) atoms. The van der Waals surface area contributed by atoms with Gasteiger partial charge in [0.15, 0.2) is 0 Å². The van der Waals surface area contributed by atoms with Crippen molar-refractivity contribution < 1.29 is 24.2 Å². The Morgan fingerprint density at radius 1 is 1.12 bits per heavy atom. The molecule has 0 unspecified atom stereocenters. The number of benzene rings is 2. The first kappa shape index (κ1) is 20.7. The largest absolute Gasteiger partial charge is 0.496 e. The number of rotatable bonds is 4. The highest BCUT2D eigenvalue weighted by Gasteiger charge is 2.71. The SMILES string of the molecule is COc1ccccc1CN1C(=O)[C@@H]2[C@@H]([C@@H](C)O)N[C@@]3(C(=O)Nc4c(C)cccc43)[C@H]2C1=O. The molecule has 2 saturated heterocycles. The van der Waals surface area contributed by atoms with Gasteiger partial charge in [-0.25, -0.2) is 0 Å². The van der Waals surface area contributed by atoms with Gasteiger partial charge in [-0.1, -0.05) is 36.4 Å². The normalized spacial score (nSPS) is 29.3. The summed E-state index contributed by atoms with van der Waals surface area (Å²) in [6.07, 6.45) is -0.938. The van der Waals surface area contributed by atoms with Gasteiger partial charge in [0.05, 0.1) is 31.6 Å². The van der Waals surface area contributed by atoms with Crippen molar-refractivity contribution >= 4 is 23.4 Å². The van der Waals surface area contributed by atoms with Gasteiger partial charge >= 0.3 is 0 Å². The maximum absolute atomic E-state index is 13.7. The number of hydrogen-bond acceptors (Lipinski definition) is 6. The van der Waals surface area contributed by atoms with Gasteiger partial charge in [0, 0.05) is 22.9 Å². The lowest BCUT2D eigenvalue weighted by atomic mass is 9.76. The minimum absolute atomic E-state index is 0.0413. The number of methoxy groups -OCH3 is 1. The fraction of sp³-hybridized carbons (Fsp3) is 0.375. The van der Waals surface area contributed by atoms with Crippen LogP contribution in [-0.2, 0) is 26.5 Å². The lowest BCUT2D eigenvalue weighted by Gasteiger charge is -2.30. The summed E-state index contributed by atoms with van der Waals surface area (Å²) in [7, 11) is 1.53. The molecule has 2 aromatic carbocycles. The Balaban J connectivity index is 1.62. The second kappa shape index (κ2) is 7.15. The average Bonchev–Trinajstić information content (AvgIpc) is 3.36. The van der Waals surface area contributed by atoms with Crippen molar-refractivity contribution in [3.8, 4) is 5.75 Å². The number of para-hydroxylation sites is 2. The highest BCUT2D eigenvalue weighted by molar-refractivity contribution is 6.15. The van der Waals surface area contributed by atoms with Crippen molar-refractivity contribution in [3.63, 3.8) is 0 Å². The molecule has 0 radical (unpaired) electrons. The fourth-order valence-electron chi connectivity index (χ4n) is 5.54. The Morgan fingerprint density at radius 3 is 2.59 bits per heavy atom. The molecule has 3 amide bonds. The number of aliphatic hydroxyl groups is 1. The predicted molar refractivity (Wildman–Crippen MR) is 116 cm³/mol. The summed E-state index contributed by atoms with van der Waals surface area (Å²) in [5, 5.41) is 16.6. The van der Waals surface area contributed by atoms with E-state index in [1.54, 1.807) is 25.1 Å². The van der Waals surface area contributed by atoms with Crippen LogP contribution in [0.25, 0.3) is 0 Å². The van der Waals surface area contributed by atoms with Crippen molar-refractivity contribution in [2.24, 2.45) is 11.8 Å². The molecule has 2 fully saturated rings. The van der Waals surface area contributed by atoms with Crippen LogP contribution in [0.4, 0.5) is 5.69 Å². The number of fused-ring (bicyclic) bond motifs is 4. The predicted octanol–water partition coefficient (Wildman–Crippen LogP) is 1.31. The van der Waals surface area contributed by atoms with Gasteiger partial charge in [-0.05, 0) is 25.5 Å². The molecule has 8 nitrogen and oxygen atoms in total. The topological polar surface area (TPSA) is 108 Å². The summed E-state index contributed by atoms with van der Waals surface area (Å²) in [4.78, 5) is 41.8. The third-order valence-electron chi connectivity index (χ3n) is 7.03. The minimum Gasteiger partial charge on any atom is -0.496 e. The smallest absolute Gasteiger partial charge is 0.250 e. The first-order valence-corrected chi connectivity index (χ1v) is 10.7. The van der Waals surface area contributed by atoms with Crippen LogP contribution in [0.15, 0.2) is 42.5 Å². The summed E-state index contributed by atoms with van der Waals surface area (Å²) in [6, 6.07) is 12.0. The van der Waals surface area contributed by atoms with E-state index in [0.29, 0.717) is 22.6 Å². The number of carbonyl (C=O) groups is 3. The molecule has 5 atom stereocenters. The third-order valence-corrected chi connectivity index (χ3v) is 7.03. The molecule has 3 aliphatic rings.